The van der Waals surface area contributed by atoms with E-state index < -0.39 is 0 Å². The van der Waals surface area contributed by atoms with Gasteiger partial charge in [-0.05, 0) is 11.6 Å². The van der Waals surface area contributed by atoms with E-state index in [2.05, 4.69) is 11.4 Å². The number of rotatable bonds is 4. The van der Waals surface area contributed by atoms with E-state index in [4.69, 9.17) is 0 Å². The van der Waals surface area contributed by atoms with Gasteiger partial charge in [0.15, 0.2) is 0 Å². The molecule has 1 fully saturated rings. The average Bonchev–Trinajstić information content (AvgIpc) is 3.15. The zero-order valence-electron chi connectivity index (χ0n) is 12.1. The third-order valence-corrected chi connectivity index (χ3v) is 5.37. The summed E-state index contributed by atoms with van der Waals surface area (Å²) in [6.45, 7) is 0.0231. The molecule has 2 heterocycles. The number of benzene rings is 1. The minimum Gasteiger partial charge on any atom is -0.323 e. The summed E-state index contributed by atoms with van der Waals surface area (Å²) in [5.74, 6) is 0.658. The molecule has 0 unspecified atom stereocenters. The quantitative estimate of drug-likeness (QED) is 0.926. The molecule has 2 aromatic rings. The number of nitrogens with one attached hydrogen (secondary N) is 1. The molecule has 1 aliphatic rings. The molecule has 0 radical (unpaired) electrons. The van der Waals surface area contributed by atoms with Gasteiger partial charge in [-0.15, -0.1) is 23.1 Å². The van der Waals surface area contributed by atoms with Crippen LogP contribution in [0.3, 0.4) is 0 Å². The van der Waals surface area contributed by atoms with E-state index in [0.29, 0.717) is 22.2 Å². The van der Waals surface area contributed by atoms with Crippen LogP contribution in [0.5, 0.6) is 0 Å². The number of anilines is 1. The number of hydrogen-bond donors (Lipinski definition) is 1. The van der Waals surface area contributed by atoms with Crippen molar-refractivity contribution < 1.29 is 9.59 Å². The van der Waals surface area contributed by atoms with Gasteiger partial charge in [0, 0.05) is 4.88 Å². The Morgan fingerprint density at radius 1 is 1.35 bits per heavy atom. The first-order valence-electron chi connectivity index (χ1n) is 6.92. The number of hydrogen-bond acceptors (Lipinski definition) is 5. The van der Waals surface area contributed by atoms with Crippen molar-refractivity contribution in [1.29, 1.82) is 5.26 Å². The number of thioether (sulfide) groups is 1. The zero-order valence-corrected chi connectivity index (χ0v) is 13.7. The molecule has 3 rings (SSSR count). The monoisotopic (exact) mass is 343 g/mol. The van der Waals surface area contributed by atoms with Crippen LogP contribution in [-0.4, -0.2) is 34.9 Å². The number of nitriles is 1. The van der Waals surface area contributed by atoms with Crippen molar-refractivity contribution in [3.63, 3.8) is 0 Å². The van der Waals surface area contributed by atoms with Gasteiger partial charge in [-0.1, -0.05) is 30.3 Å². The molecule has 23 heavy (non-hydrogen) atoms. The van der Waals surface area contributed by atoms with E-state index in [9.17, 15) is 14.9 Å². The summed E-state index contributed by atoms with van der Waals surface area (Å²) in [7, 11) is 0. The van der Waals surface area contributed by atoms with Crippen molar-refractivity contribution in [3.8, 4) is 16.5 Å². The van der Waals surface area contributed by atoms with Gasteiger partial charge in [-0.2, -0.15) is 5.26 Å². The fourth-order valence-corrected chi connectivity index (χ4v) is 4.13. The van der Waals surface area contributed by atoms with Crippen LogP contribution >= 0.6 is 23.1 Å². The molecule has 1 saturated heterocycles. The first-order valence-corrected chi connectivity index (χ1v) is 8.89. The maximum Gasteiger partial charge on any atom is 0.244 e. The van der Waals surface area contributed by atoms with Crippen LogP contribution < -0.4 is 5.32 Å². The predicted molar refractivity (Wildman–Crippen MR) is 92.1 cm³/mol. The molecular formula is C16H13N3O2S2. The third kappa shape index (κ3) is 3.55. The molecule has 1 aromatic carbocycles. The van der Waals surface area contributed by atoms with Crippen molar-refractivity contribution in [3.05, 3.63) is 42.0 Å². The van der Waals surface area contributed by atoms with Crippen LogP contribution in [0.4, 0.5) is 5.00 Å². The normalized spacial score (nSPS) is 13.9. The van der Waals surface area contributed by atoms with Crippen LogP contribution in [0.25, 0.3) is 10.4 Å². The second-order valence-electron chi connectivity index (χ2n) is 4.95. The molecule has 0 aliphatic carbocycles. The van der Waals surface area contributed by atoms with E-state index >= 15 is 0 Å². The first-order chi connectivity index (χ1) is 11.2. The summed E-state index contributed by atoms with van der Waals surface area (Å²) in [6, 6.07) is 13.6. The van der Waals surface area contributed by atoms with Crippen molar-refractivity contribution in [2.75, 3.05) is 23.5 Å². The lowest BCUT2D eigenvalue weighted by atomic mass is 10.2. The summed E-state index contributed by atoms with van der Waals surface area (Å²) in [5, 5.41) is 12.5. The molecule has 1 aliphatic heterocycles. The minimum absolute atomic E-state index is 0.0231. The second-order valence-corrected chi connectivity index (χ2v) is 6.96. The largest absolute Gasteiger partial charge is 0.323 e. The van der Waals surface area contributed by atoms with Crippen molar-refractivity contribution in [2.45, 2.75) is 0 Å². The van der Waals surface area contributed by atoms with Crippen LogP contribution in [0.2, 0.25) is 0 Å². The summed E-state index contributed by atoms with van der Waals surface area (Å²) in [5.41, 5.74) is 1.44. The molecule has 0 saturated carbocycles. The Morgan fingerprint density at radius 3 is 2.78 bits per heavy atom. The lowest BCUT2D eigenvalue weighted by Gasteiger charge is -2.13. The molecule has 1 N–H and O–H groups in total. The number of carbonyl (C=O) groups excluding carboxylic acids is 2. The average molecular weight is 343 g/mol. The molecule has 7 heteroatoms. The van der Waals surface area contributed by atoms with Gasteiger partial charge in [0.05, 0.1) is 17.2 Å². The fourth-order valence-electron chi connectivity index (χ4n) is 2.19. The lowest BCUT2D eigenvalue weighted by molar-refractivity contribution is -0.130. The highest BCUT2D eigenvalue weighted by atomic mass is 32.2. The van der Waals surface area contributed by atoms with Gasteiger partial charge < -0.3 is 10.2 Å². The Kier molecular flexibility index (Phi) is 4.65. The highest BCUT2D eigenvalue weighted by Crippen LogP contribution is 2.35. The number of nitrogens with zero attached hydrogens (tertiary/aromatic N) is 2. The molecule has 1 aromatic heterocycles. The van der Waals surface area contributed by atoms with E-state index in [1.165, 1.54) is 28.0 Å². The van der Waals surface area contributed by atoms with Gasteiger partial charge in [0.2, 0.25) is 11.8 Å². The molecule has 0 atom stereocenters. The van der Waals surface area contributed by atoms with E-state index in [1.807, 2.05) is 30.3 Å². The van der Waals surface area contributed by atoms with Crippen molar-refractivity contribution >= 4 is 39.9 Å². The Bertz CT molecular complexity index is 780. The maximum absolute atomic E-state index is 12.1. The van der Waals surface area contributed by atoms with Crippen LogP contribution in [0.15, 0.2) is 36.4 Å². The molecular weight excluding hydrogens is 330 g/mol. The summed E-state index contributed by atoms with van der Waals surface area (Å²) < 4.78 is 0. The van der Waals surface area contributed by atoms with Crippen LogP contribution in [-0.2, 0) is 9.59 Å². The highest BCUT2D eigenvalue weighted by molar-refractivity contribution is 8.00. The van der Waals surface area contributed by atoms with Crippen LogP contribution in [0, 0.1) is 11.3 Å². The second kappa shape index (κ2) is 6.86. The number of carbonyl (C=O) groups is 2. The van der Waals surface area contributed by atoms with Gasteiger partial charge >= 0.3 is 0 Å². The summed E-state index contributed by atoms with van der Waals surface area (Å²) >= 11 is 2.86. The van der Waals surface area contributed by atoms with Crippen molar-refractivity contribution in [2.24, 2.45) is 0 Å². The zero-order chi connectivity index (χ0) is 16.2. The molecule has 116 valence electrons. The predicted octanol–water partition coefficient (Wildman–Crippen LogP) is 2.76. The smallest absolute Gasteiger partial charge is 0.244 e. The molecule has 5 nitrogen and oxygen atoms in total. The van der Waals surface area contributed by atoms with Gasteiger partial charge in [0.1, 0.15) is 17.6 Å². The van der Waals surface area contributed by atoms with E-state index in [1.54, 1.807) is 6.07 Å². The Hall–Kier alpha value is -2.30. The highest BCUT2D eigenvalue weighted by Gasteiger charge is 2.23. The van der Waals surface area contributed by atoms with Gasteiger partial charge in [0.25, 0.3) is 0 Å². The first kappa shape index (κ1) is 15.6. The Balaban J connectivity index is 1.75. The standard InChI is InChI=1S/C16H13N3O2S2/c17-7-12-6-13(11-4-2-1-3-5-11)23-16(12)18-14(20)8-19-10-22-9-15(19)21/h1-6H,8-10H2,(H,18,20). The van der Waals surface area contributed by atoms with Crippen LogP contribution in [0.1, 0.15) is 5.56 Å². The fraction of sp³-hybridized carbons (Fsp3) is 0.188. The SMILES string of the molecule is N#Cc1cc(-c2ccccc2)sc1NC(=O)CN1CSCC1=O. The molecule has 0 spiro atoms. The maximum atomic E-state index is 12.1. The van der Waals surface area contributed by atoms with E-state index in [0.717, 1.165) is 10.4 Å². The number of thiophene rings is 1. The lowest BCUT2D eigenvalue weighted by Crippen LogP contribution is -2.34. The third-order valence-electron chi connectivity index (χ3n) is 3.32. The minimum atomic E-state index is -0.279. The van der Waals surface area contributed by atoms with Gasteiger partial charge in [-0.3, -0.25) is 9.59 Å². The topological polar surface area (TPSA) is 73.2 Å². The molecule has 2 amide bonds. The Labute approximate surface area is 141 Å². The van der Waals surface area contributed by atoms with Gasteiger partial charge in [-0.25, -0.2) is 0 Å². The van der Waals surface area contributed by atoms with E-state index in [-0.39, 0.29) is 18.4 Å². The Morgan fingerprint density at radius 2 is 2.13 bits per heavy atom. The van der Waals surface area contributed by atoms with Crippen molar-refractivity contribution in [1.82, 2.24) is 4.90 Å². The number of amides is 2. The molecule has 0 bridgehead atoms. The summed E-state index contributed by atoms with van der Waals surface area (Å²) in [6.07, 6.45) is 0. The summed E-state index contributed by atoms with van der Waals surface area (Å²) in [4.78, 5) is 26.1.